The van der Waals surface area contributed by atoms with Gasteiger partial charge in [0.05, 0.1) is 11.4 Å². The number of pyridine rings is 1. The van der Waals surface area contributed by atoms with Gasteiger partial charge in [0.2, 0.25) is 0 Å². The molecule has 0 radical (unpaired) electrons. The first-order valence-corrected chi connectivity index (χ1v) is 7.81. The Hall–Kier alpha value is -2.47. The van der Waals surface area contributed by atoms with E-state index >= 15 is 0 Å². The van der Waals surface area contributed by atoms with Gasteiger partial charge in [-0.25, -0.2) is 9.78 Å². The number of fused-ring (bicyclic) bond motifs is 1. The smallest absolute Gasteiger partial charge is 0.330 e. The largest absolute Gasteiger partial charge is 0.338 e. The molecule has 2 aromatic heterocycles. The summed E-state index contributed by atoms with van der Waals surface area (Å²) in [5.74, 6) is 0. The second kappa shape index (κ2) is 6.11. The van der Waals surface area contributed by atoms with Crippen LogP contribution in [0.1, 0.15) is 24.9 Å². The molecule has 0 spiro atoms. The molecule has 112 valence electrons. The molecule has 0 bridgehead atoms. The van der Waals surface area contributed by atoms with Gasteiger partial charge in [0.25, 0.3) is 5.56 Å². The van der Waals surface area contributed by atoms with Crippen LogP contribution in [0.3, 0.4) is 0 Å². The normalized spacial score (nSPS) is 12.2. The second-order valence-corrected chi connectivity index (χ2v) is 5.80. The Morgan fingerprint density at radius 3 is 2.73 bits per heavy atom. The number of hydrogen-bond acceptors (Lipinski definition) is 4. The lowest BCUT2D eigenvalue weighted by Crippen LogP contribution is -2.35. The molecule has 3 aromatic rings. The number of amides is 1. The van der Waals surface area contributed by atoms with Crippen molar-refractivity contribution in [3.05, 3.63) is 64.6 Å². The Morgan fingerprint density at radius 1 is 1.27 bits per heavy atom. The molecule has 0 aliphatic rings. The summed E-state index contributed by atoms with van der Waals surface area (Å²) in [6, 6.07) is 12.5. The molecule has 5 nitrogen and oxygen atoms in total. The molecule has 6 heteroatoms. The number of aromatic nitrogens is 2. The number of carbonyl (C=O) groups excluding carboxylic acids is 1. The van der Waals surface area contributed by atoms with Crippen molar-refractivity contribution in [2.24, 2.45) is 0 Å². The molecule has 0 aliphatic carbocycles. The summed E-state index contributed by atoms with van der Waals surface area (Å²) in [5, 5.41) is 3.38. The van der Waals surface area contributed by atoms with Crippen LogP contribution in [0, 0.1) is 0 Å². The fourth-order valence-electron chi connectivity index (χ4n) is 2.31. The highest BCUT2D eigenvalue weighted by atomic mass is 32.1. The lowest BCUT2D eigenvalue weighted by molar-refractivity contribution is 0.240. The zero-order chi connectivity index (χ0) is 15.5. The van der Waals surface area contributed by atoms with E-state index in [4.69, 9.17) is 0 Å². The van der Waals surface area contributed by atoms with Crippen molar-refractivity contribution in [2.45, 2.75) is 19.4 Å². The van der Waals surface area contributed by atoms with Gasteiger partial charge in [-0.1, -0.05) is 37.3 Å². The Kier molecular flexibility index (Phi) is 4.02. The van der Waals surface area contributed by atoms with E-state index < -0.39 is 6.03 Å². The third-order valence-corrected chi connectivity index (χ3v) is 4.47. The highest BCUT2D eigenvalue weighted by Crippen LogP contribution is 2.17. The molecular formula is C16H15N3O2S. The van der Waals surface area contributed by atoms with Crippen LogP contribution in [0.2, 0.25) is 0 Å². The number of hydrogen-bond donors (Lipinski definition) is 1. The van der Waals surface area contributed by atoms with E-state index in [1.165, 1.54) is 0 Å². The van der Waals surface area contributed by atoms with Gasteiger partial charge >= 0.3 is 6.03 Å². The Morgan fingerprint density at radius 2 is 2.05 bits per heavy atom. The molecule has 1 unspecified atom stereocenters. The molecule has 2 heterocycles. The van der Waals surface area contributed by atoms with Crippen LogP contribution in [0.5, 0.6) is 0 Å². The minimum atomic E-state index is -0.413. The summed E-state index contributed by atoms with van der Waals surface area (Å²) in [4.78, 5) is 29.3. The molecule has 0 aliphatic heterocycles. The van der Waals surface area contributed by atoms with Gasteiger partial charge in [-0.2, -0.15) is 3.96 Å². The van der Waals surface area contributed by atoms with Crippen LogP contribution in [-0.4, -0.2) is 15.0 Å². The monoisotopic (exact) mass is 313 g/mol. The first-order chi connectivity index (χ1) is 10.7. The van der Waals surface area contributed by atoms with Crippen LogP contribution < -0.4 is 10.9 Å². The minimum absolute atomic E-state index is 0.126. The van der Waals surface area contributed by atoms with Crippen molar-refractivity contribution in [2.75, 3.05) is 0 Å². The van der Waals surface area contributed by atoms with Crippen LogP contribution in [0.4, 0.5) is 4.79 Å². The minimum Gasteiger partial charge on any atom is -0.330 e. The maximum atomic E-state index is 12.4. The summed E-state index contributed by atoms with van der Waals surface area (Å²) < 4.78 is 1.13. The number of carbonyl (C=O) groups is 1. The third-order valence-electron chi connectivity index (χ3n) is 3.46. The second-order valence-electron chi connectivity index (χ2n) is 4.87. The van der Waals surface area contributed by atoms with Crippen LogP contribution in [-0.2, 0) is 0 Å². The lowest BCUT2D eigenvalue weighted by Gasteiger charge is -2.16. The molecule has 0 fully saturated rings. The highest BCUT2D eigenvalue weighted by Gasteiger charge is 2.18. The van der Waals surface area contributed by atoms with Crippen molar-refractivity contribution in [1.29, 1.82) is 0 Å². The maximum Gasteiger partial charge on any atom is 0.338 e. The van der Waals surface area contributed by atoms with E-state index in [9.17, 15) is 9.59 Å². The summed E-state index contributed by atoms with van der Waals surface area (Å²) in [6.07, 6.45) is 2.35. The predicted octanol–water partition coefficient (Wildman–Crippen LogP) is 3.17. The molecule has 3 rings (SSSR count). The zero-order valence-corrected chi connectivity index (χ0v) is 12.8. The molecule has 1 atom stereocenters. The van der Waals surface area contributed by atoms with Crippen molar-refractivity contribution in [1.82, 2.24) is 14.3 Å². The third kappa shape index (κ3) is 2.65. The van der Waals surface area contributed by atoms with Gasteiger partial charge in [0, 0.05) is 6.20 Å². The van der Waals surface area contributed by atoms with E-state index in [0.29, 0.717) is 10.2 Å². The Bertz CT molecular complexity index is 854. The Labute approximate surface area is 131 Å². The van der Waals surface area contributed by atoms with Crippen molar-refractivity contribution in [3.63, 3.8) is 0 Å². The predicted molar refractivity (Wildman–Crippen MR) is 87.3 cm³/mol. The quantitative estimate of drug-likeness (QED) is 0.808. The van der Waals surface area contributed by atoms with Crippen molar-refractivity contribution in [3.8, 4) is 0 Å². The molecular weight excluding hydrogens is 298 g/mol. The molecule has 0 saturated carbocycles. The molecule has 1 N–H and O–H groups in total. The first-order valence-electron chi connectivity index (χ1n) is 7.03. The summed E-state index contributed by atoms with van der Waals surface area (Å²) >= 11 is 1.06. The van der Waals surface area contributed by atoms with Gasteiger partial charge in [-0.05, 0) is 35.6 Å². The van der Waals surface area contributed by atoms with Gasteiger partial charge in [-0.3, -0.25) is 4.79 Å². The van der Waals surface area contributed by atoms with Gasteiger partial charge in [0.15, 0.2) is 0 Å². The van der Waals surface area contributed by atoms with Gasteiger partial charge < -0.3 is 5.32 Å². The van der Waals surface area contributed by atoms with E-state index in [1.807, 2.05) is 37.3 Å². The zero-order valence-electron chi connectivity index (χ0n) is 12.0. The summed E-state index contributed by atoms with van der Waals surface area (Å²) in [5.41, 5.74) is 0.694. The van der Waals surface area contributed by atoms with Crippen molar-refractivity contribution >= 4 is 27.8 Å². The first kappa shape index (κ1) is 14.5. The van der Waals surface area contributed by atoms with Crippen LogP contribution >= 0.6 is 11.5 Å². The van der Waals surface area contributed by atoms with E-state index in [1.54, 1.807) is 18.3 Å². The molecule has 1 aromatic carbocycles. The van der Waals surface area contributed by atoms with E-state index in [2.05, 4.69) is 10.3 Å². The topological polar surface area (TPSA) is 64.0 Å². The molecule has 0 saturated heterocycles. The molecule has 22 heavy (non-hydrogen) atoms. The van der Waals surface area contributed by atoms with Crippen molar-refractivity contribution < 1.29 is 4.79 Å². The average Bonchev–Trinajstić information content (AvgIpc) is 2.91. The fraction of sp³-hybridized carbons (Fsp3) is 0.188. The van der Waals surface area contributed by atoms with E-state index in [-0.39, 0.29) is 11.6 Å². The van der Waals surface area contributed by atoms with Gasteiger partial charge in [-0.15, -0.1) is 0 Å². The van der Waals surface area contributed by atoms with Crippen LogP contribution in [0.15, 0.2) is 53.5 Å². The fourth-order valence-corrected chi connectivity index (χ4v) is 3.16. The van der Waals surface area contributed by atoms with E-state index in [0.717, 1.165) is 27.5 Å². The van der Waals surface area contributed by atoms with Crippen LogP contribution in [0.25, 0.3) is 10.2 Å². The standard InChI is InChI=1S/C16H15N3O2S/c1-2-13(11-7-4-3-5-8-11)18-16(21)19-15(20)12-9-6-10-17-14(12)22-19/h3-10,13H,2H2,1H3,(H,18,21). The van der Waals surface area contributed by atoms with Gasteiger partial charge in [0.1, 0.15) is 4.83 Å². The number of nitrogens with zero attached hydrogens (tertiary/aromatic N) is 2. The highest BCUT2D eigenvalue weighted by molar-refractivity contribution is 7.14. The number of benzene rings is 1. The number of nitrogens with one attached hydrogen (secondary N) is 1. The Balaban J connectivity index is 1.90. The molecule has 1 amide bonds. The lowest BCUT2D eigenvalue weighted by atomic mass is 10.1. The summed E-state index contributed by atoms with van der Waals surface area (Å²) in [6.45, 7) is 1.99. The average molecular weight is 313 g/mol. The summed E-state index contributed by atoms with van der Waals surface area (Å²) in [7, 11) is 0. The SMILES string of the molecule is CCC(NC(=O)n1sc2ncccc2c1=O)c1ccccc1. The number of rotatable bonds is 3. The maximum absolute atomic E-state index is 12.4.